The fourth-order valence-electron chi connectivity index (χ4n) is 1.02. The third kappa shape index (κ3) is 4.05. The molecule has 0 amide bonds. The Labute approximate surface area is 94.8 Å². The molecule has 0 bridgehead atoms. The van der Waals surface area contributed by atoms with Gasteiger partial charge in [0.2, 0.25) is 0 Å². The van der Waals surface area contributed by atoms with Gasteiger partial charge in [0.15, 0.2) is 5.78 Å². The van der Waals surface area contributed by atoms with Crippen LogP contribution in [-0.2, 0) is 11.2 Å². The number of halogens is 2. The van der Waals surface area contributed by atoms with Crippen molar-refractivity contribution in [1.82, 2.24) is 0 Å². The molecule has 0 aliphatic rings. The van der Waals surface area contributed by atoms with Gasteiger partial charge in [0.25, 0.3) is 0 Å². The highest BCUT2D eigenvalue weighted by Gasteiger charge is 2.09. The number of alkyl halides is 2. The lowest BCUT2D eigenvalue weighted by atomic mass is 10.1. The van der Waals surface area contributed by atoms with Gasteiger partial charge in [0.05, 0.1) is 0 Å². The zero-order valence-electron chi connectivity index (χ0n) is 7.04. The predicted octanol–water partition coefficient (Wildman–Crippen LogP) is 3.30. The first-order valence-electron chi connectivity index (χ1n) is 4.05. The lowest BCUT2D eigenvalue weighted by Gasteiger charge is -2.01. The highest BCUT2D eigenvalue weighted by atomic mass is 79.9. The topological polar surface area (TPSA) is 17.1 Å². The normalized spacial score (nSPS) is 10.4. The summed E-state index contributed by atoms with van der Waals surface area (Å²) in [6.07, 6.45) is 1.39. The standard InChI is InChI=1S/C10H10Br2O/c11-10(12)9(13)7-6-8-4-2-1-3-5-8/h1-5,10H,6-7H2. The molecule has 0 saturated carbocycles. The molecule has 70 valence electrons. The van der Waals surface area contributed by atoms with Gasteiger partial charge in [-0.3, -0.25) is 4.79 Å². The lowest BCUT2D eigenvalue weighted by molar-refractivity contribution is -0.116. The van der Waals surface area contributed by atoms with Crippen molar-refractivity contribution in [2.45, 2.75) is 16.6 Å². The first-order chi connectivity index (χ1) is 6.20. The summed E-state index contributed by atoms with van der Waals surface area (Å²) in [7, 11) is 0. The van der Waals surface area contributed by atoms with E-state index in [0.717, 1.165) is 6.42 Å². The highest BCUT2D eigenvalue weighted by Crippen LogP contribution is 2.13. The summed E-state index contributed by atoms with van der Waals surface area (Å²) in [5.74, 6) is 0.184. The molecule has 0 atom stereocenters. The molecule has 0 fully saturated rings. The monoisotopic (exact) mass is 304 g/mol. The third-order valence-corrected chi connectivity index (χ3v) is 2.77. The van der Waals surface area contributed by atoms with Crippen LogP contribution in [0, 0.1) is 0 Å². The van der Waals surface area contributed by atoms with E-state index >= 15 is 0 Å². The molecule has 0 aliphatic heterocycles. The Hall–Kier alpha value is -0.150. The van der Waals surface area contributed by atoms with Crippen LogP contribution < -0.4 is 0 Å². The molecule has 1 rings (SSSR count). The number of carbonyl (C=O) groups excluding carboxylic acids is 1. The Morgan fingerprint density at radius 3 is 2.38 bits per heavy atom. The minimum absolute atomic E-state index is 0.184. The van der Waals surface area contributed by atoms with E-state index in [-0.39, 0.29) is 9.52 Å². The fourth-order valence-corrected chi connectivity index (χ4v) is 1.48. The van der Waals surface area contributed by atoms with Gasteiger partial charge in [-0.25, -0.2) is 0 Å². The molecule has 1 nitrogen and oxygen atoms in total. The van der Waals surface area contributed by atoms with Crippen molar-refractivity contribution >= 4 is 37.6 Å². The molecule has 0 aromatic heterocycles. The molecule has 0 heterocycles. The maximum absolute atomic E-state index is 11.2. The zero-order chi connectivity index (χ0) is 9.68. The average Bonchev–Trinajstić information content (AvgIpc) is 2.15. The summed E-state index contributed by atoms with van der Waals surface area (Å²) in [6, 6.07) is 10.0. The maximum atomic E-state index is 11.2. The van der Waals surface area contributed by atoms with E-state index in [9.17, 15) is 4.79 Å². The molecule has 0 spiro atoms. The van der Waals surface area contributed by atoms with Crippen LogP contribution in [-0.4, -0.2) is 9.52 Å². The summed E-state index contributed by atoms with van der Waals surface area (Å²) < 4.78 is -0.205. The first-order valence-corrected chi connectivity index (χ1v) is 5.88. The number of Topliss-reactive ketones (excluding diaryl/α,β-unsaturated/α-hetero) is 1. The van der Waals surface area contributed by atoms with Gasteiger partial charge in [-0.1, -0.05) is 62.2 Å². The number of rotatable bonds is 4. The Kier molecular flexibility index (Phi) is 4.67. The average molecular weight is 306 g/mol. The maximum Gasteiger partial charge on any atom is 0.157 e. The number of hydrogen-bond acceptors (Lipinski definition) is 1. The molecule has 0 radical (unpaired) electrons. The molecule has 1 aromatic carbocycles. The molecule has 13 heavy (non-hydrogen) atoms. The Balaban J connectivity index is 2.40. The van der Waals surface area contributed by atoms with Gasteiger partial charge in [0.1, 0.15) is 3.74 Å². The fraction of sp³-hybridized carbons (Fsp3) is 0.300. The van der Waals surface area contributed by atoms with Crippen LogP contribution in [0.5, 0.6) is 0 Å². The molecule has 0 aliphatic carbocycles. The molecular weight excluding hydrogens is 296 g/mol. The number of aryl methyl sites for hydroxylation is 1. The zero-order valence-corrected chi connectivity index (χ0v) is 10.2. The summed E-state index contributed by atoms with van der Waals surface area (Å²) in [6.45, 7) is 0. The largest absolute Gasteiger partial charge is 0.297 e. The summed E-state index contributed by atoms with van der Waals surface area (Å²) in [5, 5.41) is 0. The van der Waals surface area contributed by atoms with Gasteiger partial charge in [-0.05, 0) is 12.0 Å². The minimum atomic E-state index is -0.205. The van der Waals surface area contributed by atoms with Crippen molar-refractivity contribution in [1.29, 1.82) is 0 Å². The van der Waals surface area contributed by atoms with Gasteiger partial charge in [-0.15, -0.1) is 0 Å². The lowest BCUT2D eigenvalue weighted by Crippen LogP contribution is -2.07. The van der Waals surface area contributed by atoms with Crippen molar-refractivity contribution in [3.63, 3.8) is 0 Å². The van der Waals surface area contributed by atoms with Crippen LogP contribution in [0.3, 0.4) is 0 Å². The van der Waals surface area contributed by atoms with Crippen LogP contribution in [0.4, 0.5) is 0 Å². The van der Waals surface area contributed by atoms with Crippen molar-refractivity contribution in [2.24, 2.45) is 0 Å². The summed E-state index contributed by atoms with van der Waals surface area (Å²) in [5.41, 5.74) is 1.21. The Morgan fingerprint density at radius 1 is 1.23 bits per heavy atom. The quantitative estimate of drug-likeness (QED) is 0.780. The first kappa shape index (κ1) is 10.9. The highest BCUT2D eigenvalue weighted by molar-refractivity contribution is 9.25. The second kappa shape index (κ2) is 5.55. The van der Waals surface area contributed by atoms with E-state index in [4.69, 9.17) is 0 Å². The van der Waals surface area contributed by atoms with E-state index in [1.54, 1.807) is 0 Å². The van der Waals surface area contributed by atoms with Gasteiger partial charge in [-0.2, -0.15) is 0 Å². The summed E-state index contributed by atoms with van der Waals surface area (Å²) in [4.78, 5) is 11.2. The Bertz CT molecular complexity index is 270. The second-order valence-electron chi connectivity index (χ2n) is 2.75. The van der Waals surface area contributed by atoms with Crippen molar-refractivity contribution in [3.05, 3.63) is 35.9 Å². The molecule has 0 unspecified atom stereocenters. The van der Waals surface area contributed by atoms with E-state index in [1.165, 1.54) is 5.56 Å². The molecule has 1 aromatic rings. The number of carbonyl (C=O) groups is 1. The molecule has 0 N–H and O–H groups in total. The number of ketones is 1. The smallest absolute Gasteiger partial charge is 0.157 e. The number of hydrogen-bond donors (Lipinski definition) is 0. The Morgan fingerprint density at radius 2 is 1.85 bits per heavy atom. The van der Waals surface area contributed by atoms with E-state index < -0.39 is 0 Å². The second-order valence-corrected chi connectivity index (χ2v) is 5.81. The molecular formula is C10H10Br2O. The molecule has 3 heteroatoms. The van der Waals surface area contributed by atoms with Crippen LogP contribution in [0.1, 0.15) is 12.0 Å². The van der Waals surface area contributed by atoms with Crippen molar-refractivity contribution in [2.75, 3.05) is 0 Å². The van der Waals surface area contributed by atoms with Crippen LogP contribution in [0.25, 0.3) is 0 Å². The van der Waals surface area contributed by atoms with E-state index in [2.05, 4.69) is 31.9 Å². The van der Waals surface area contributed by atoms with Crippen LogP contribution in [0.2, 0.25) is 0 Å². The van der Waals surface area contributed by atoms with Gasteiger partial charge in [0, 0.05) is 6.42 Å². The van der Waals surface area contributed by atoms with Crippen LogP contribution >= 0.6 is 31.9 Å². The number of benzene rings is 1. The van der Waals surface area contributed by atoms with E-state index in [1.807, 2.05) is 30.3 Å². The van der Waals surface area contributed by atoms with Crippen LogP contribution in [0.15, 0.2) is 30.3 Å². The summed E-state index contributed by atoms with van der Waals surface area (Å²) >= 11 is 6.36. The minimum Gasteiger partial charge on any atom is -0.297 e. The van der Waals surface area contributed by atoms with Gasteiger partial charge >= 0.3 is 0 Å². The predicted molar refractivity (Wildman–Crippen MR) is 61.4 cm³/mol. The van der Waals surface area contributed by atoms with Gasteiger partial charge < -0.3 is 0 Å². The SMILES string of the molecule is O=C(CCc1ccccc1)C(Br)Br. The molecule has 0 saturated heterocycles. The third-order valence-electron chi connectivity index (χ3n) is 1.75. The van der Waals surface area contributed by atoms with Crippen molar-refractivity contribution in [3.8, 4) is 0 Å². The van der Waals surface area contributed by atoms with Crippen molar-refractivity contribution < 1.29 is 4.79 Å². The van der Waals surface area contributed by atoms with E-state index in [0.29, 0.717) is 6.42 Å².